The van der Waals surface area contributed by atoms with Gasteiger partial charge in [0.25, 0.3) is 0 Å². The van der Waals surface area contributed by atoms with Crippen LogP contribution >= 0.6 is 0 Å². The van der Waals surface area contributed by atoms with Gasteiger partial charge in [-0.25, -0.2) is 0 Å². The van der Waals surface area contributed by atoms with Crippen LogP contribution in [0, 0.1) is 5.92 Å². The van der Waals surface area contributed by atoms with Crippen molar-refractivity contribution < 1.29 is 18.7 Å². The van der Waals surface area contributed by atoms with Crippen molar-refractivity contribution in [2.45, 2.75) is 25.7 Å². The number of para-hydroxylation sites is 1. The number of esters is 1. The highest BCUT2D eigenvalue weighted by Gasteiger charge is 2.46. The number of furan rings is 1. The number of hydrogen-bond acceptors (Lipinski definition) is 4. The number of Topliss-reactive ketones (excluding diaryl/α,β-unsaturated/α-hetero) is 1. The van der Waals surface area contributed by atoms with Gasteiger partial charge >= 0.3 is 5.97 Å². The third-order valence-electron chi connectivity index (χ3n) is 4.01. The minimum Gasteiger partial charge on any atom is -0.468 e. The molecule has 104 valence electrons. The molecule has 1 atom stereocenters. The van der Waals surface area contributed by atoms with E-state index in [1.54, 1.807) is 0 Å². The highest BCUT2D eigenvalue weighted by molar-refractivity contribution is 6.11. The van der Waals surface area contributed by atoms with Crippen molar-refractivity contribution in [1.82, 2.24) is 0 Å². The van der Waals surface area contributed by atoms with Crippen molar-refractivity contribution in [3.05, 3.63) is 35.6 Å². The van der Waals surface area contributed by atoms with Gasteiger partial charge < -0.3 is 9.15 Å². The average Bonchev–Trinajstić information content (AvgIpc) is 2.83. The molecule has 2 aromatic rings. The van der Waals surface area contributed by atoms with E-state index in [1.807, 2.05) is 38.1 Å². The molecule has 0 saturated heterocycles. The van der Waals surface area contributed by atoms with Gasteiger partial charge in [-0.3, -0.25) is 9.59 Å². The van der Waals surface area contributed by atoms with Crippen LogP contribution in [0.15, 0.2) is 28.7 Å². The number of hydrogen-bond donors (Lipinski definition) is 0. The number of benzene rings is 1. The highest BCUT2D eigenvalue weighted by Crippen LogP contribution is 2.44. The summed E-state index contributed by atoms with van der Waals surface area (Å²) in [4.78, 5) is 24.3. The van der Waals surface area contributed by atoms with Gasteiger partial charge in [0.05, 0.1) is 7.11 Å². The Hall–Kier alpha value is -2.10. The first-order valence-electron chi connectivity index (χ1n) is 6.60. The Labute approximate surface area is 116 Å². The van der Waals surface area contributed by atoms with Crippen LogP contribution in [-0.4, -0.2) is 18.9 Å². The van der Waals surface area contributed by atoms with Gasteiger partial charge in [0.1, 0.15) is 11.5 Å². The molecule has 0 spiro atoms. The molecule has 0 amide bonds. The van der Waals surface area contributed by atoms with E-state index in [0.717, 1.165) is 10.9 Å². The van der Waals surface area contributed by atoms with Crippen LogP contribution in [0.4, 0.5) is 0 Å². The molecule has 0 saturated carbocycles. The van der Waals surface area contributed by atoms with Gasteiger partial charge in [-0.1, -0.05) is 32.0 Å². The maximum atomic E-state index is 12.5. The summed E-state index contributed by atoms with van der Waals surface area (Å²) >= 11 is 0. The molecule has 1 aliphatic rings. The van der Waals surface area contributed by atoms with Crippen molar-refractivity contribution in [3.8, 4) is 0 Å². The molecule has 0 N–H and O–H groups in total. The molecule has 1 aromatic carbocycles. The average molecular weight is 272 g/mol. The third-order valence-corrected chi connectivity index (χ3v) is 4.01. The normalized spacial score (nSPS) is 20.8. The first-order chi connectivity index (χ1) is 9.45. The molecule has 3 rings (SSSR count). The zero-order valence-electron chi connectivity index (χ0n) is 11.7. The molecule has 4 heteroatoms. The summed E-state index contributed by atoms with van der Waals surface area (Å²) in [7, 11) is 1.30. The molecule has 1 unspecified atom stereocenters. The van der Waals surface area contributed by atoms with Gasteiger partial charge in [-0.15, -0.1) is 0 Å². The fraction of sp³-hybridized carbons (Fsp3) is 0.375. The van der Waals surface area contributed by atoms with Gasteiger partial charge in [-0.2, -0.15) is 0 Å². The molecule has 0 bridgehead atoms. The number of carbonyl (C=O) groups excluding carboxylic acids is 2. The fourth-order valence-corrected chi connectivity index (χ4v) is 3.09. The van der Waals surface area contributed by atoms with Crippen LogP contribution in [-0.2, 0) is 14.9 Å². The van der Waals surface area contributed by atoms with E-state index in [0.29, 0.717) is 17.8 Å². The van der Waals surface area contributed by atoms with Gasteiger partial charge in [0, 0.05) is 10.9 Å². The zero-order valence-corrected chi connectivity index (χ0v) is 11.7. The van der Waals surface area contributed by atoms with E-state index in [-0.39, 0.29) is 11.2 Å². The van der Waals surface area contributed by atoms with Crippen molar-refractivity contribution in [3.63, 3.8) is 0 Å². The van der Waals surface area contributed by atoms with E-state index in [1.165, 1.54) is 7.11 Å². The molecule has 20 heavy (non-hydrogen) atoms. The lowest BCUT2D eigenvalue weighted by Crippen LogP contribution is -2.38. The first kappa shape index (κ1) is 12.9. The summed E-state index contributed by atoms with van der Waals surface area (Å²) in [6.45, 7) is 4.05. The van der Waals surface area contributed by atoms with Gasteiger partial charge in [0.2, 0.25) is 5.78 Å². The number of methoxy groups -OCH3 is 1. The fourth-order valence-electron chi connectivity index (χ4n) is 3.09. The summed E-state index contributed by atoms with van der Waals surface area (Å²) in [6, 6.07) is 7.58. The van der Waals surface area contributed by atoms with Crippen LogP contribution in [0.2, 0.25) is 0 Å². The lowest BCUT2D eigenvalue weighted by molar-refractivity contribution is -0.144. The zero-order chi connectivity index (χ0) is 14.5. The Morgan fingerprint density at radius 2 is 2.05 bits per heavy atom. The molecule has 1 aromatic heterocycles. The third kappa shape index (κ3) is 1.68. The topological polar surface area (TPSA) is 56.5 Å². The number of carbonyl (C=O) groups is 2. The van der Waals surface area contributed by atoms with E-state index in [4.69, 9.17) is 9.15 Å². The summed E-state index contributed by atoms with van der Waals surface area (Å²) in [5.74, 6) is -1.24. The predicted octanol–water partition coefficient (Wildman–Crippen LogP) is 3.09. The minimum absolute atomic E-state index is 0.276. The van der Waals surface area contributed by atoms with Gasteiger partial charge in [-0.05, 0) is 17.9 Å². The Bertz CT molecular complexity index is 708. The van der Waals surface area contributed by atoms with E-state index < -0.39 is 11.9 Å². The number of ketones is 1. The van der Waals surface area contributed by atoms with Crippen molar-refractivity contribution in [1.29, 1.82) is 0 Å². The van der Waals surface area contributed by atoms with Crippen LogP contribution < -0.4 is 0 Å². The van der Waals surface area contributed by atoms with Gasteiger partial charge in [0.15, 0.2) is 5.76 Å². The predicted molar refractivity (Wildman–Crippen MR) is 73.7 cm³/mol. The van der Waals surface area contributed by atoms with Crippen LogP contribution in [0.3, 0.4) is 0 Å². The Balaban J connectivity index is 2.25. The number of rotatable bonds is 1. The quantitative estimate of drug-likeness (QED) is 0.591. The van der Waals surface area contributed by atoms with E-state index in [2.05, 4.69) is 0 Å². The Morgan fingerprint density at radius 3 is 2.75 bits per heavy atom. The smallest absolute Gasteiger partial charge is 0.316 e. The lowest BCUT2D eigenvalue weighted by atomic mass is 9.69. The monoisotopic (exact) mass is 272 g/mol. The second-order valence-corrected chi connectivity index (χ2v) is 5.83. The first-order valence-corrected chi connectivity index (χ1v) is 6.60. The summed E-state index contributed by atoms with van der Waals surface area (Å²) < 4.78 is 10.4. The Morgan fingerprint density at radius 1 is 1.35 bits per heavy atom. The maximum Gasteiger partial charge on any atom is 0.316 e. The standard InChI is InChI=1S/C16H16O4/c1-16(2)8-10(15(18)19-3)13(17)14-12(16)9-6-4-5-7-11(9)20-14/h4-7,10H,8H2,1-3H3. The van der Waals surface area contributed by atoms with Crippen molar-refractivity contribution in [2.75, 3.05) is 7.11 Å². The molecular formula is C16H16O4. The molecule has 4 nitrogen and oxygen atoms in total. The maximum absolute atomic E-state index is 12.5. The number of fused-ring (bicyclic) bond motifs is 3. The van der Waals surface area contributed by atoms with Crippen molar-refractivity contribution in [2.24, 2.45) is 5.92 Å². The Kier molecular flexibility index (Phi) is 2.71. The summed E-state index contributed by atoms with van der Waals surface area (Å²) in [5, 5.41) is 0.948. The molecule has 0 aliphatic heterocycles. The molecule has 0 fully saturated rings. The summed E-state index contributed by atoms with van der Waals surface area (Å²) in [5.41, 5.74) is 1.28. The second kappa shape index (κ2) is 4.20. The lowest BCUT2D eigenvalue weighted by Gasteiger charge is -2.32. The SMILES string of the molecule is COC(=O)C1CC(C)(C)c2c(oc3ccccc23)C1=O. The van der Waals surface area contributed by atoms with Crippen molar-refractivity contribution >= 4 is 22.7 Å². The molecule has 1 heterocycles. The van der Waals surface area contributed by atoms with E-state index in [9.17, 15) is 9.59 Å². The summed E-state index contributed by atoms with van der Waals surface area (Å²) in [6.07, 6.45) is 0.440. The molecular weight excluding hydrogens is 256 g/mol. The second-order valence-electron chi connectivity index (χ2n) is 5.83. The van der Waals surface area contributed by atoms with E-state index >= 15 is 0 Å². The highest BCUT2D eigenvalue weighted by atomic mass is 16.5. The molecule has 0 radical (unpaired) electrons. The van der Waals surface area contributed by atoms with Crippen LogP contribution in [0.5, 0.6) is 0 Å². The number of ether oxygens (including phenoxy) is 1. The largest absolute Gasteiger partial charge is 0.468 e. The van der Waals surface area contributed by atoms with Crippen LogP contribution in [0.1, 0.15) is 36.4 Å². The minimum atomic E-state index is -0.775. The molecule has 1 aliphatic carbocycles. The van der Waals surface area contributed by atoms with Crippen LogP contribution in [0.25, 0.3) is 11.0 Å².